The van der Waals surface area contributed by atoms with Gasteiger partial charge in [-0.3, -0.25) is 19.2 Å². The van der Waals surface area contributed by atoms with Crippen LogP contribution in [0, 0.1) is 0 Å². The Morgan fingerprint density at radius 3 is 2.03 bits per heavy atom. The summed E-state index contributed by atoms with van der Waals surface area (Å²) in [6.45, 7) is 1.35. The molecule has 4 unspecified atom stereocenters. The Balaban J connectivity index is 2.67. The van der Waals surface area contributed by atoms with Crippen molar-refractivity contribution in [3.8, 4) is 0 Å². The highest BCUT2D eigenvalue weighted by Gasteiger charge is 2.28. The Morgan fingerprint density at radius 2 is 1.52 bits per heavy atom. The Bertz CT molecular complexity index is 806. The van der Waals surface area contributed by atoms with Crippen LogP contribution in [0.5, 0.6) is 0 Å². The zero-order valence-electron chi connectivity index (χ0n) is 16.8. The van der Waals surface area contributed by atoms with Gasteiger partial charge in [0.05, 0.1) is 12.5 Å². The molecule has 1 rings (SSSR count). The molecule has 0 aliphatic carbocycles. The molecule has 7 N–H and O–H groups in total. The van der Waals surface area contributed by atoms with Gasteiger partial charge in [0.15, 0.2) is 0 Å². The van der Waals surface area contributed by atoms with Gasteiger partial charge in [0.25, 0.3) is 0 Å². The van der Waals surface area contributed by atoms with Crippen molar-refractivity contribution in [1.82, 2.24) is 16.0 Å². The summed E-state index contributed by atoms with van der Waals surface area (Å²) in [6.07, 6.45) is -0.567. The third-order valence-corrected chi connectivity index (χ3v) is 4.56. The summed E-state index contributed by atoms with van der Waals surface area (Å²) in [6, 6.07) is 3.86. The summed E-state index contributed by atoms with van der Waals surface area (Å²) in [5.41, 5.74) is 6.16. The van der Waals surface area contributed by atoms with Gasteiger partial charge in [-0.1, -0.05) is 30.3 Å². The van der Waals surface area contributed by atoms with Crippen molar-refractivity contribution in [3.63, 3.8) is 0 Å². The molecule has 0 spiro atoms. The second-order valence-corrected chi connectivity index (χ2v) is 7.13. The molecule has 170 valence electrons. The van der Waals surface area contributed by atoms with Crippen molar-refractivity contribution in [1.29, 1.82) is 0 Å². The third-order valence-electron chi connectivity index (χ3n) is 4.20. The largest absolute Gasteiger partial charge is 0.481 e. The predicted molar refractivity (Wildman–Crippen MR) is 113 cm³/mol. The number of hydrogen-bond donors (Lipinski definition) is 7. The van der Waals surface area contributed by atoms with E-state index in [2.05, 4.69) is 28.6 Å². The van der Waals surface area contributed by atoms with Gasteiger partial charge in [0.1, 0.15) is 18.1 Å². The second kappa shape index (κ2) is 12.5. The monoisotopic (exact) mass is 454 g/mol. The van der Waals surface area contributed by atoms with Gasteiger partial charge >= 0.3 is 11.9 Å². The van der Waals surface area contributed by atoms with E-state index in [-0.39, 0.29) is 12.2 Å². The van der Waals surface area contributed by atoms with E-state index in [1.807, 2.05) is 0 Å². The van der Waals surface area contributed by atoms with E-state index in [1.165, 1.54) is 6.92 Å². The van der Waals surface area contributed by atoms with Gasteiger partial charge in [-0.25, -0.2) is 4.79 Å². The van der Waals surface area contributed by atoms with Crippen LogP contribution in [-0.2, 0) is 30.4 Å². The van der Waals surface area contributed by atoms with E-state index in [1.54, 1.807) is 30.3 Å². The number of aliphatic carboxylic acids is 2. The maximum atomic E-state index is 12.4. The molecule has 0 aliphatic rings. The molecule has 0 saturated carbocycles. The number of hydrogen-bond acceptors (Lipinski definition) is 7. The van der Waals surface area contributed by atoms with Crippen LogP contribution in [-0.4, -0.2) is 69.8 Å². The molecular formula is C19H26N4O7S. The number of nitrogens with two attached hydrogens (primary N) is 1. The topological polar surface area (TPSA) is 188 Å². The lowest BCUT2D eigenvalue weighted by molar-refractivity contribution is -0.142. The smallest absolute Gasteiger partial charge is 0.326 e. The first-order valence-corrected chi connectivity index (χ1v) is 9.94. The Labute approximate surface area is 184 Å². The number of carbonyl (C=O) groups excluding carboxylic acids is 3. The second-order valence-electron chi connectivity index (χ2n) is 6.77. The van der Waals surface area contributed by atoms with E-state index in [0.717, 1.165) is 0 Å². The average Bonchev–Trinajstić information content (AvgIpc) is 2.71. The molecule has 1 aromatic carbocycles. The average molecular weight is 455 g/mol. The number of nitrogens with one attached hydrogen (secondary N) is 3. The van der Waals surface area contributed by atoms with Crippen LogP contribution in [0.2, 0.25) is 0 Å². The van der Waals surface area contributed by atoms with Crippen LogP contribution >= 0.6 is 12.6 Å². The summed E-state index contributed by atoms with van der Waals surface area (Å²) >= 11 is 3.97. The minimum absolute atomic E-state index is 0.0549. The fraction of sp³-hybridized carbons (Fsp3) is 0.421. The van der Waals surface area contributed by atoms with E-state index >= 15 is 0 Å². The minimum Gasteiger partial charge on any atom is -0.481 e. The molecule has 4 atom stereocenters. The van der Waals surface area contributed by atoms with Crippen LogP contribution in [0.15, 0.2) is 30.3 Å². The Morgan fingerprint density at radius 1 is 0.935 bits per heavy atom. The SMILES string of the molecule is CC(NC(=O)C(CS)NC(=O)C(N)CC(=O)O)C(=O)NC(Cc1ccccc1)C(=O)O. The van der Waals surface area contributed by atoms with Crippen molar-refractivity contribution in [2.24, 2.45) is 5.73 Å². The first-order chi connectivity index (χ1) is 14.5. The maximum Gasteiger partial charge on any atom is 0.326 e. The van der Waals surface area contributed by atoms with Crippen LogP contribution in [0.25, 0.3) is 0 Å². The lowest BCUT2D eigenvalue weighted by atomic mass is 10.1. The van der Waals surface area contributed by atoms with Gasteiger partial charge in [-0.05, 0) is 12.5 Å². The molecule has 0 fully saturated rings. The number of carbonyl (C=O) groups is 5. The van der Waals surface area contributed by atoms with Crippen LogP contribution in [0.1, 0.15) is 18.9 Å². The Kier molecular flexibility index (Phi) is 10.5. The van der Waals surface area contributed by atoms with Gasteiger partial charge in [0, 0.05) is 12.2 Å². The molecule has 12 heteroatoms. The minimum atomic E-state index is -1.36. The van der Waals surface area contributed by atoms with Crippen LogP contribution < -0.4 is 21.7 Å². The lowest BCUT2D eigenvalue weighted by Gasteiger charge is -2.22. The number of carboxylic acid groups (broad SMARTS) is 2. The third kappa shape index (κ3) is 9.05. The quantitative estimate of drug-likeness (QED) is 0.186. The highest BCUT2D eigenvalue weighted by Crippen LogP contribution is 2.04. The maximum absolute atomic E-state index is 12.4. The number of thiol groups is 1. The van der Waals surface area contributed by atoms with Gasteiger partial charge < -0.3 is 31.9 Å². The van der Waals surface area contributed by atoms with Crippen molar-refractivity contribution in [2.45, 2.75) is 43.9 Å². The number of rotatable bonds is 12. The predicted octanol–water partition coefficient (Wildman–Crippen LogP) is -1.48. The summed E-state index contributed by atoms with van der Waals surface area (Å²) in [5, 5.41) is 25.0. The first kappa shape index (κ1) is 25.9. The molecule has 0 aromatic heterocycles. The van der Waals surface area contributed by atoms with E-state index in [0.29, 0.717) is 5.56 Å². The zero-order chi connectivity index (χ0) is 23.6. The number of carboxylic acids is 2. The first-order valence-electron chi connectivity index (χ1n) is 9.31. The molecule has 0 aliphatic heterocycles. The Hall–Kier alpha value is -3.12. The van der Waals surface area contributed by atoms with Crippen molar-refractivity contribution in [3.05, 3.63) is 35.9 Å². The van der Waals surface area contributed by atoms with Crippen LogP contribution in [0.4, 0.5) is 0 Å². The highest BCUT2D eigenvalue weighted by molar-refractivity contribution is 7.80. The molecule has 0 radical (unpaired) electrons. The molecule has 3 amide bonds. The van der Waals surface area contributed by atoms with Gasteiger partial charge in [-0.2, -0.15) is 12.6 Å². The standard InChI is InChI=1S/C19H26N4O7S/c1-10(16(26)22-13(19(29)30)7-11-5-3-2-4-6-11)21-18(28)14(9-31)23-17(27)12(20)8-15(24)25/h2-6,10,12-14,31H,7-9,20H2,1H3,(H,21,28)(H,22,26)(H,23,27)(H,24,25)(H,29,30). The van der Waals surface area contributed by atoms with E-state index in [9.17, 15) is 29.1 Å². The highest BCUT2D eigenvalue weighted by atomic mass is 32.1. The fourth-order valence-corrected chi connectivity index (χ4v) is 2.74. The summed E-state index contributed by atoms with van der Waals surface area (Å²) in [4.78, 5) is 58.7. The van der Waals surface area contributed by atoms with Crippen molar-refractivity contribution < 1.29 is 34.2 Å². The summed E-state index contributed by atoms with van der Waals surface area (Å²) in [5.74, 6) is -5.00. The van der Waals surface area contributed by atoms with Crippen LogP contribution in [0.3, 0.4) is 0 Å². The van der Waals surface area contributed by atoms with Crippen molar-refractivity contribution >= 4 is 42.3 Å². The molecule has 11 nitrogen and oxygen atoms in total. The molecule has 0 bridgehead atoms. The molecule has 31 heavy (non-hydrogen) atoms. The van der Waals surface area contributed by atoms with Gasteiger partial charge in [0.2, 0.25) is 17.7 Å². The number of amides is 3. The van der Waals surface area contributed by atoms with E-state index in [4.69, 9.17) is 10.8 Å². The molecule has 1 aromatic rings. The summed E-state index contributed by atoms with van der Waals surface area (Å²) < 4.78 is 0. The molecule has 0 saturated heterocycles. The van der Waals surface area contributed by atoms with E-state index < -0.39 is 60.2 Å². The van der Waals surface area contributed by atoms with Gasteiger partial charge in [-0.15, -0.1) is 0 Å². The van der Waals surface area contributed by atoms with Crippen molar-refractivity contribution in [2.75, 3.05) is 5.75 Å². The number of benzene rings is 1. The fourth-order valence-electron chi connectivity index (χ4n) is 2.48. The summed E-state index contributed by atoms with van der Waals surface area (Å²) in [7, 11) is 0. The molecule has 0 heterocycles. The molecular weight excluding hydrogens is 428 g/mol. The lowest BCUT2D eigenvalue weighted by Crippen LogP contribution is -2.57. The normalized spacial score (nSPS) is 14.4. The zero-order valence-corrected chi connectivity index (χ0v) is 17.7.